The summed E-state index contributed by atoms with van der Waals surface area (Å²) >= 11 is 3.62. The third-order valence-electron chi connectivity index (χ3n) is 6.36. The van der Waals surface area contributed by atoms with Gasteiger partial charge in [-0.15, -0.1) is 0 Å². The van der Waals surface area contributed by atoms with Crippen molar-refractivity contribution >= 4 is 40.9 Å². The molecule has 6 nitrogen and oxygen atoms in total. The van der Waals surface area contributed by atoms with Crippen LogP contribution in [0.1, 0.15) is 34.6 Å². The first-order valence-electron chi connectivity index (χ1n) is 12.0. The fraction of sp³-hybridized carbons (Fsp3) is 0.538. The predicted octanol–water partition coefficient (Wildman–Crippen LogP) is 6.34. The molecule has 0 radical (unpaired) electrons. The van der Waals surface area contributed by atoms with Crippen molar-refractivity contribution in [2.45, 2.75) is 84.7 Å². The lowest BCUT2D eigenvalue weighted by Crippen LogP contribution is -2.52. The highest BCUT2D eigenvalue weighted by Gasteiger charge is 2.43. The van der Waals surface area contributed by atoms with Crippen molar-refractivity contribution in [1.29, 1.82) is 0 Å². The minimum absolute atomic E-state index is 0.0119. The van der Waals surface area contributed by atoms with Gasteiger partial charge in [0, 0.05) is 47.9 Å². The number of aromatic nitrogens is 3. The number of fused-ring (bicyclic) bond motifs is 2. The van der Waals surface area contributed by atoms with E-state index in [1.165, 1.54) is 0 Å². The number of rotatable bonds is 6. The van der Waals surface area contributed by atoms with Gasteiger partial charge >= 0.3 is 0 Å². The van der Waals surface area contributed by atoms with Gasteiger partial charge in [0.15, 0.2) is 0 Å². The van der Waals surface area contributed by atoms with Gasteiger partial charge in [-0.1, -0.05) is 35.6 Å². The highest BCUT2D eigenvalue weighted by Crippen LogP contribution is 2.39. The highest BCUT2D eigenvalue weighted by molar-refractivity contribution is 9.10. The van der Waals surface area contributed by atoms with Gasteiger partial charge in [0.2, 0.25) is 5.95 Å². The van der Waals surface area contributed by atoms with Gasteiger partial charge in [-0.3, -0.25) is 9.36 Å². The van der Waals surface area contributed by atoms with Gasteiger partial charge in [-0.25, -0.2) is 4.98 Å². The zero-order chi connectivity index (χ0) is 25.1. The molecular weight excluding hydrogens is 508 g/mol. The SMILES string of the molecule is CC(C)(C)N1c2nc(-c3cn(COCC[Si](C)(C)C)c4ccc(Br)cc34)cc(=O)n2CC1(C)C. The summed E-state index contributed by atoms with van der Waals surface area (Å²) in [7, 11) is -1.15. The average Bonchev–Trinajstić information content (AvgIpc) is 3.17. The summed E-state index contributed by atoms with van der Waals surface area (Å²) in [5.74, 6) is 0.738. The Hall–Kier alpha value is -1.90. The Morgan fingerprint density at radius 1 is 1.18 bits per heavy atom. The van der Waals surface area contributed by atoms with Crippen LogP contribution in [0.2, 0.25) is 25.7 Å². The summed E-state index contributed by atoms with van der Waals surface area (Å²) in [6.45, 7) is 19.8. The Labute approximate surface area is 212 Å². The standard InChI is InChI=1S/C26H37BrN4O2Si/c1-25(2,3)31-24-28-21(14-23(32)30(24)16-26(31,4)5)20-15-29(17-33-11-12-34(6,7)8)22-10-9-18(27)13-19(20)22/h9-10,13-15H,11-12,16-17H2,1-8H3. The molecule has 8 heteroatoms. The summed E-state index contributed by atoms with van der Waals surface area (Å²) in [5, 5.41) is 1.06. The van der Waals surface area contributed by atoms with E-state index in [0.29, 0.717) is 19.0 Å². The van der Waals surface area contributed by atoms with Crippen molar-refractivity contribution in [3.05, 3.63) is 45.3 Å². The summed E-state index contributed by atoms with van der Waals surface area (Å²) in [6.07, 6.45) is 2.08. The van der Waals surface area contributed by atoms with E-state index in [0.717, 1.165) is 39.5 Å². The second-order valence-corrected chi connectivity index (χ2v) is 18.7. The maximum absolute atomic E-state index is 13.2. The molecule has 0 spiro atoms. The fourth-order valence-corrected chi connectivity index (χ4v) is 6.13. The van der Waals surface area contributed by atoms with Gasteiger partial charge < -0.3 is 14.2 Å². The van der Waals surface area contributed by atoms with E-state index >= 15 is 0 Å². The van der Waals surface area contributed by atoms with E-state index in [2.05, 4.69) is 98.0 Å². The second kappa shape index (κ2) is 8.64. The topological polar surface area (TPSA) is 52.3 Å². The van der Waals surface area contributed by atoms with Crippen molar-refractivity contribution in [3.8, 4) is 11.3 Å². The predicted molar refractivity (Wildman–Crippen MR) is 148 cm³/mol. The molecule has 0 bridgehead atoms. The Balaban J connectivity index is 1.78. The molecule has 2 aromatic heterocycles. The molecule has 1 aliphatic heterocycles. The van der Waals surface area contributed by atoms with Crippen LogP contribution in [0, 0.1) is 0 Å². The van der Waals surface area contributed by atoms with Gasteiger partial charge in [0.25, 0.3) is 5.56 Å². The van der Waals surface area contributed by atoms with Crippen LogP contribution in [-0.2, 0) is 18.0 Å². The minimum atomic E-state index is -1.15. The molecule has 184 valence electrons. The molecule has 0 amide bonds. The molecule has 0 atom stereocenters. The molecule has 1 aromatic carbocycles. The first kappa shape index (κ1) is 25.2. The fourth-order valence-electron chi connectivity index (χ4n) is 5.01. The average molecular weight is 546 g/mol. The van der Waals surface area contributed by atoms with Crippen LogP contribution in [0.4, 0.5) is 5.95 Å². The van der Waals surface area contributed by atoms with E-state index in [1.807, 2.05) is 10.6 Å². The molecule has 3 aromatic rings. The van der Waals surface area contributed by atoms with E-state index in [-0.39, 0.29) is 16.6 Å². The van der Waals surface area contributed by atoms with E-state index < -0.39 is 8.07 Å². The third kappa shape index (κ3) is 4.90. The molecule has 0 saturated heterocycles. The highest BCUT2D eigenvalue weighted by atomic mass is 79.9. The lowest BCUT2D eigenvalue weighted by molar-refractivity contribution is 0.0903. The van der Waals surface area contributed by atoms with Gasteiger partial charge in [-0.05, 0) is 58.9 Å². The van der Waals surface area contributed by atoms with Gasteiger partial charge in [0.1, 0.15) is 6.73 Å². The van der Waals surface area contributed by atoms with Crippen molar-refractivity contribution in [2.24, 2.45) is 0 Å². The first-order valence-corrected chi connectivity index (χ1v) is 16.5. The molecule has 0 saturated carbocycles. The maximum Gasteiger partial charge on any atom is 0.255 e. The summed E-state index contributed by atoms with van der Waals surface area (Å²) < 4.78 is 11.0. The van der Waals surface area contributed by atoms with Crippen LogP contribution in [0.5, 0.6) is 0 Å². The maximum atomic E-state index is 13.2. The molecule has 0 N–H and O–H groups in total. The van der Waals surface area contributed by atoms with Crippen LogP contribution < -0.4 is 10.5 Å². The number of ether oxygens (including phenoxy) is 1. The van der Waals surface area contributed by atoms with E-state index in [4.69, 9.17) is 9.72 Å². The lowest BCUT2D eigenvalue weighted by atomic mass is 9.97. The normalized spacial score (nSPS) is 15.9. The third-order valence-corrected chi connectivity index (χ3v) is 8.55. The molecular formula is C26H37BrN4O2Si. The summed E-state index contributed by atoms with van der Waals surface area (Å²) in [4.78, 5) is 20.6. The number of anilines is 1. The number of hydrogen-bond donors (Lipinski definition) is 0. The Kier molecular flexibility index (Phi) is 6.40. The Morgan fingerprint density at radius 2 is 1.88 bits per heavy atom. The van der Waals surface area contributed by atoms with Crippen LogP contribution in [0.3, 0.4) is 0 Å². The van der Waals surface area contributed by atoms with Gasteiger partial charge in [-0.2, -0.15) is 0 Å². The molecule has 34 heavy (non-hydrogen) atoms. The minimum Gasteiger partial charge on any atom is -0.361 e. The summed E-state index contributed by atoms with van der Waals surface area (Å²) in [5.41, 5.74) is 2.35. The van der Waals surface area contributed by atoms with Crippen LogP contribution in [0.15, 0.2) is 39.7 Å². The quantitative estimate of drug-likeness (QED) is 0.268. The monoisotopic (exact) mass is 544 g/mol. The van der Waals surface area contributed by atoms with Crippen LogP contribution in [-0.4, -0.2) is 39.9 Å². The summed E-state index contributed by atoms with van der Waals surface area (Å²) in [6, 6.07) is 9.04. The Bertz CT molecular complexity index is 1280. The van der Waals surface area contributed by atoms with Crippen LogP contribution >= 0.6 is 15.9 Å². The first-order chi connectivity index (χ1) is 15.7. The largest absolute Gasteiger partial charge is 0.361 e. The molecule has 1 aliphatic rings. The smallest absolute Gasteiger partial charge is 0.255 e. The van der Waals surface area contributed by atoms with Crippen molar-refractivity contribution in [3.63, 3.8) is 0 Å². The van der Waals surface area contributed by atoms with Crippen molar-refractivity contribution in [2.75, 3.05) is 11.5 Å². The number of benzene rings is 1. The van der Waals surface area contributed by atoms with E-state index in [9.17, 15) is 4.79 Å². The zero-order valence-electron chi connectivity index (χ0n) is 21.7. The van der Waals surface area contributed by atoms with Crippen molar-refractivity contribution < 1.29 is 4.74 Å². The number of hydrogen-bond acceptors (Lipinski definition) is 4. The van der Waals surface area contributed by atoms with Crippen LogP contribution in [0.25, 0.3) is 22.2 Å². The van der Waals surface area contributed by atoms with Gasteiger partial charge in [0.05, 0.1) is 23.3 Å². The molecule has 0 unspecified atom stereocenters. The van der Waals surface area contributed by atoms with E-state index in [1.54, 1.807) is 6.07 Å². The molecule has 0 fully saturated rings. The van der Waals surface area contributed by atoms with Crippen molar-refractivity contribution in [1.82, 2.24) is 14.1 Å². The second-order valence-electron chi connectivity index (χ2n) is 12.2. The number of nitrogens with zero attached hydrogens (tertiary/aromatic N) is 4. The molecule has 0 aliphatic carbocycles. The zero-order valence-corrected chi connectivity index (χ0v) is 24.3. The lowest BCUT2D eigenvalue weighted by Gasteiger charge is -2.42. The molecule has 4 rings (SSSR count). The Morgan fingerprint density at radius 3 is 2.53 bits per heavy atom. The molecule has 3 heterocycles. The number of halogens is 1.